The van der Waals surface area contributed by atoms with Crippen molar-refractivity contribution in [3.8, 4) is 0 Å². The molecule has 1 aromatic rings. The quantitative estimate of drug-likeness (QED) is 0.812. The van der Waals surface area contributed by atoms with Gasteiger partial charge in [0, 0.05) is 24.6 Å². The summed E-state index contributed by atoms with van der Waals surface area (Å²) in [4.78, 5) is 1.02. The van der Waals surface area contributed by atoms with Crippen LogP contribution < -0.4 is 4.72 Å². The fourth-order valence-electron chi connectivity index (χ4n) is 2.23. The van der Waals surface area contributed by atoms with Gasteiger partial charge in [-0.3, -0.25) is 4.72 Å². The number of hydrogen-bond donors (Lipinski definition) is 2. The van der Waals surface area contributed by atoms with Gasteiger partial charge in [0.15, 0.2) is 0 Å². The van der Waals surface area contributed by atoms with Crippen LogP contribution in [0.5, 0.6) is 0 Å². The predicted octanol–water partition coefficient (Wildman–Crippen LogP) is 1.77. The first-order valence-corrected chi connectivity index (χ1v) is 9.24. The first-order valence-electron chi connectivity index (χ1n) is 6.58. The first kappa shape index (κ1) is 15.6. The molecule has 1 aromatic carbocycles. The number of thioether (sulfide) groups is 1. The minimum atomic E-state index is -3.50. The first-order chi connectivity index (χ1) is 9.55. The lowest BCUT2D eigenvalue weighted by Gasteiger charge is -2.30. The zero-order valence-electron chi connectivity index (χ0n) is 11.4. The maximum Gasteiger partial charge on any atom is 0.301 e. The van der Waals surface area contributed by atoms with E-state index in [2.05, 4.69) is 4.72 Å². The molecule has 2 N–H and O–H groups in total. The lowest BCUT2D eigenvalue weighted by atomic mass is 10.00. The molecule has 5 nitrogen and oxygen atoms in total. The summed E-state index contributed by atoms with van der Waals surface area (Å²) in [5.41, 5.74) is 0.584. The van der Waals surface area contributed by atoms with Crippen LogP contribution in [0.15, 0.2) is 29.2 Å². The summed E-state index contributed by atoms with van der Waals surface area (Å²) >= 11 is 1.57. The molecule has 1 aliphatic rings. The minimum absolute atomic E-state index is 0.136. The van der Waals surface area contributed by atoms with Crippen LogP contribution in [-0.2, 0) is 10.2 Å². The van der Waals surface area contributed by atoms with E-state index in [0.29, 0.717) is 31.6 Å². The lowest BCUT2D eigenvalue weighted by molar-refractivity contribution is 0.170. The summed E-state index contributed by atoms with van der Waals surface area (Å²) in [6.45, 7) is 1.06. The number of nitrogens with one attached hydrogen (secondary N) is 1. The zero-order chi connectivity index (χ0) is 14.6. The predicted molar refractivity (Wildman–Crippen MR) is 82.1 cm³/mol. The van der Waals surface area contributed by atoms with Gasteiger partial charge in [-0.05, 0) is 43.2 Å². The Morgan fingerprint density at radius 3 is 2.70 bits per heavy atom. The Hall–Kier alpha value is -0.760. The zero-order valence-corrected chi connectivity index (χ0v) is 13.1. The van der Waals surface area contributed by atoms with Crippen molar-refractivity contribution >= 4 is 27.7 Å². The number of hydrogen-bond acceptors (Lipinski definition) is 4. The molecule has 0 unspecified atom stereocenters. The molecule has 7 heteroatoms. The summed E-state index contributed by atoms with van der Waals surface area (Å²) in [7, 11) is -3.50. The Morgan fingerprint density at radius 2 is 2.10 bits per heavy atom. The molecule has 0 atom stereocenters. The van der Waals surface area contributed by atoms with Gasteiger partial charge < -0.3 is 5.11 Å². The molecule has 1 saturated heterocycles. The highest BCUT2D eigenvalue weighted by molar-refractivity contribution is 7.98. The molecule has 0 aromatic heterocycles. The van der Waals surface area contributed by atoms with Crippen LogP contribution >= 0.6 is 11.8 Å². The molecule has 0 bridgehead atoms. The van der Waals surface area contributed by atoms with Crippen molar-refractivity contribution in [1.82, 2.24) is 4.31 Å². The molecular formula is C13H20N2O3S2. The molecule has 1 heterocycles. The highest BCUT2D eigenvalue weighted by Crippen LogP contribution is 2.23. The maximum atomic E-state index is 12.3. The highest BCUT2D eigenvalue weighted by atomic mass is 32.2. The fraction of sp³-hybridized carbons (Fsp3) is 0.538. The van der Waals surface area contributed by atoms with Gasteiger partial charge in [0.05, 0.1) is 5.69 Å². The number of nitrogens with zero attached hydrogens (tertiary/aromatic N) is 1. The van der Waals surface area contributed by atoms with E-state index in [1.807, 2.05) is 24.5 Å². The topological polar surface area (TPSA) is 69.6 Å². The molecule has 1 aliphatic heterocycles. The second kappa shape index (κ2) is 6.80. The van der Waals surface area contributed by atoms with Crippen molar-refractivity contribution in [3.63, 3.8) is 0 Å². The van der Waals surface area contributed by atoms with Crippen LogP contribution in [0.2, 0.25) is 0 Å². The lowest BCUT2D eigenvalue weighted by Crippen LogP contribution is -2.42. The SMILES string of the molecule is CSc1cccc(NS(=O)(=O)N2CCC(CO)CC2)c1. The number of anilines is 1. The Bertz CT molecular complexity index is 540. The summed E-state index contributed by atoms with van der Waals surface area (Å²) in [5, 5.41) is 9.09. The number of aliphatic hydroxyl groups is 1. The molecular weight excluding hydrogens is 296 g/mol. The molecule has 20 heavy (non-hydrogen) atoms. The van der Waals surface area contributed by atoms with Crippen LogP contribution in [0.25, 0.3) is 0 Å². The van der Waals surface area contributed by atoms with Gasteiger partial charge in [0.25, 0.3) is 0 Å². The molecule has 112 valence electrons. The second-order valence-electron chi connectivity index (χ2n) is 4.86. The summed E-state index contributed by atoms with van der Waals surface area (Å²) in [6.07, 6.45) is 3.37. The summed E-state index contributed by atoms with van der Waals surface area (Å²) in [5.74, 6) is 0.223. The summed E-state index contributed by atoms with van der Waals surface area (Å²) in [6, 6.07) is 7.34. The average molecular weight is 316 g/mol. The number of rotatable bonds is 5. The Kier molecular flexibility index (Phi) is 5.31. The Labute approximate surface area is 124 Å². The second-order valence-corrected chi connectivity index (χ2v) is 7.41. The van der Waals surface area contributed by atoms with E-state index in [9.17, 15) is 8.42 Å². The van der Waals surface area contributed by atoms with E-state index in [1.165, 1.54) is 4.31 Å². The standard InChI is InChI=1S/C13H20N2O3S2/c1-19-13-4-2-3-12(9-13)14-20(17,18)15-7-5-11(10-16)6-8-15/h2-4,9,11,14,16H,5-8,10H2,1H3. The van der Waals surface area contributed by atoms with E-state index in [-0.39, 0.29) is 12.5 Å². The van der Waals surface area contributed by atoms with Crippen LogP contribution in [0, 0.1) is 5.92 Å². The molecule has 0 spiro atoms. The molecule has 1 fully saturated rings. The van der Waals surface area contributed by atoms with E-state index in [0.717, 1.165) is 4.90 Å². The maximum absolute atomic E-state index is 12.3. The largest absolute Gasteiger partial charge is 0.396 e. The molecule has 2 rings (SSSR count). The summed E-state index contributed by atoms with van der Waals surface area (Å²) < 4.78 is 28.7. The van der Waals surface area contributed by atoms with Gasteiger partial charge in [-0.1, -0.05) is 6.07 Å². The van der Waals surface area contributed by atoms with Gasteiger partial charge in [0.1, 0.15) is 0 Å². The average Bonchev–Trinajstić information content (AvgIpc) is 2.47. The third-order valence-corrected chi connectivity index (χ3v) is 5.75. The molecule has 0 aliphatic carbocycles. The molecule has 0 saturated carbocycles. The number of aliphatic hydroxyl groups excluding tert-OH is 1. The van der Waals surface area contributed by atoms with Gasteiger partial charge in [-0.2, -0.15) is 12.7 Å². The van der Waals surface area contributed by atoms with Crippen molar-refractivity contribution in [3.05, 3.63) is 24.3 Å². The van der Waals surface area contributed by atoms with Gasteiger partial charge in [0.2, 0.25) is 0 Å². The normalized spacial score (nSPS) is 18.1. The molecule has 0 radical (unpaired) electrons. The van der Waals surface area contributed by atoms with Crippen molar-refractivity contribution in [2.24, 2.45) is 5.92 Å². The fourth-order valence-corrected chi connectivity index (χ4v) is 3.94. The van der Waals surface area contributed by atoms with E-state index in [4.69, 9.17) is 5.11 Å². The minimum Gasteiger partial charge on any atom is -0.396 e. The van der Waals surface area contributed by atoms with Crippen molar-refractivity contribution < 1.29 is 13.5 Å². The highest BCUT2D eigenvalue weighted by Gasteiger charge is 2.27. The Balaban J connectivity index is 2.03. The number of piperidine rings is 1. The van der Waals surface area contributed by atoms with Crippen molar-refractivity contribution in [2.75, 3.05) is 30.7 Å². The Morgan fingerprint density at radius 1 is 1.40 bits per heavy atom. The smallest absolute Gasteiger partial charge is 0.301 e. The van der Waals surface area contributed by atoms with Gasteiger partial charge in [-0.15, -0.1) is 11.8 Å². The van der Waals surface area contributed by atoms with Gasteiger partial charge in [-0.25, -0.2) is 0 Å². The van der Waals surface area contributed by atoms with Crippen LogP contribution in [0.1, 0.15) is 12.8 Å². The van der Waals surface area contributed by atoms with Crippen molar-refractivity contribution in [1.29, 1.82) is 0 Å². The van der Waals surface area contributed by atoms with Crippen molar-refractivity contribution in [2.45, 2.75) is 17.7 Å². The van der Waals surface area contributed by atoms with Crippen LogP contribution in [0.4, 0.5) is 5.69 Å². The third kappa shape index (κ3) is 3.88. The van der Waals surface area contributed by atoms with E-state index in [1.54, 1.807) is 17.8 Å². The number of benzene rings is 1. The van der Waals surface area contributed by atoms with Crippen LogP contribution in [-0.4, -0.2) is 43.8 Å². The van der Waals surface area contributed by atoms with Crippen LogP contribution in [0.3, 0.4) is 0 Å². The monoisotopic (exact) mass is 316 g/mol. The van der Waals surface area contributed by atoms with E-state index < -0.39 is 10.2 Å². The molecule has 0 amide bonds. The third-order valence-electron chi connectivity index (χ3n) is 3.49. The van der Waals surface area contributed by atoms with E-state index >= 15 is 0 Å². The van der Waals surface area contributed by atoms with Gasteiger partial charge >= 0.3 is 10.2 Å².